The Balaban J connectivity index is 1.76. The van der Waals surface area contributed by atoms with E-state index in [2.05, 4.69) is 25.4 Å². The van der Waals surface area contributed by atoms with Gasteiger partial charge in [0.15, 0.2) is 0 Å². The monoisotopic (exact) mass is 479 g/mol. The van der Waals surface area contributed by atoms with Crippen molar-refractivity contribution in [2.75, 3.05) is 23.9 Å². The summed E-state index contributed by atoms with van der Waals surface area (Å²) in [6.45, 7) is 9.15. The minimum atomic E-state index is -3.98. The highest BCUT2D eigenvalue weighted by molar-refractivity contribution is 7.92. The molecule has 1 fully saturated rings. The van der Waals surface area contributed by atoms with E-state index in [0.29, 0.717) is 36.1 Å². The van der Waals surface area contributed by atoms with Gasteiger partial charge in [0, 0.05) is 30.2 Å². The third-order valence-electron chi connectivity index (χ3n) is 6.17. The summed E-state index contributed by atoms with van der Waals surface area (Å²) < 4.78 is 28.3. The molecule has 178 valence electrons. The lowest BCUT2D eigenvalue weighted by atomic mass is 9.91. The molecule has 1 N–H and O–H groups in total. The first kappa shape index (κ1) is 23.8. The van der Waals surface area contributed by atoms with Crippen molar-refractivity contribution in [2.24, 2.45) is 11.8 Å². The average molecular weight is 480 g/mol. The number of hydrogen-bond donors (Lipinski definition) is 1. The number of piperidine rings is 1. The number of amides is 1. The van der Waals surface area contributed by atoms with Crippen LogP contribution in [0.15, 0.2) is 77.1 Å². The number of carbonyl (C=O) groups excluding carboxylic acids is 1. The second-order valence-corrected chi connectivity index (χ2v) is 10.9. The quantitative estimate of drug-likeness (QED) is 0.541. The third-order valence-corrected chi connectivity index (χ3v) is 7.96. The fourth-order valence-electron chi connectivity index (χ4n) is 4.70. The minimum Gasteiger partial charge on any atom is -0.360 e. The van der Waals surface area contributed by atoms with Crippen molar-refractivity contribution >= 4 is 32.5 Å². The number of rotatable bonds is 6. The number of nitrogens with one attached hydrogen (secondary N) is 1. The van der Waals surface area contributed by atoms with Crippen LogP contribution < -0.4 is 9.73 Å². The molecule has 1 saturated heterocycles. The van der Waals surface area contributed by atoms with Crippen molar-refractivity contribution in [3.05, 3.63) is 83.2 Å². The molecular formula is C26H29N3O4S. The molecule has 2 atom stereocenters. The van der Waals surface area contributed by atoms with E-state index in [1.807, 2.05) is 0 Å². The van der Waals surface area contributed by atoms with Gasteiger partial charge in [-0.15, -0.1) is 6.58 Å². The van der Waals surface area contributed by atoms with Gasteiger partial charge >= 0.3 is 0 Å². The van der Waals surface area contributed by atoms with Crippen LogP contribution >= 0.6 is 0 Å². The summed E-state index contributed by atoms with van der Waals surface area (Å²) in [7, 11) is -3.98. The SMILES string of the molecule is C=CCN(c1ccccc1)S(=O)(=O)c1ccc2[nH]cc(C(=O)N3CC(C)CC(C)C3)c(=O)c2c1. The van der Waals surface area contributed by atoms with Crippen molar-refractivity contribution < 1.29 is 13.2 Å². The van der Waals surface area contributed by atoms with Crippen LogP contribution in [0.3, 0.4) is 0 Å². The maximum Gasteiger partial charge on any atom is 0.264 e. The van der Waals surface area contributed by atoms with Crippen LogP contribution in [0.2, 0.25) is 0 Å². The standard InChI is InChI=1S/C26H29N3O4S/c1-4-12-29(20-8-6-5-7-9-20)34(32,33)21-10-11-24-22(14-21)25(30)23(15-27-24)26(31)28-16-18(2)13-19(3)17-28/h4-11,14-15,18-19H,1,12-13,16-17H2,2-3H3,(H,27,30). The topological polar surface area (TPSA) is 90.6 Å². The number of likely N-dealkylation sites (tertiary alicyclic amines) is 1. The van der Waals surface area contributed by atoms with Crippen LogP contribution in [0.4, 0.5) is 5.69 Å². The van der Waals surface area contributed by atoms with E-state index in [1.54, 1.807) is 41.3 Å². The fourth-order valence-corrected chi connectivity index (χ4v) is 6.16. The van der Waals surface area contributed by atoms with Crippen LogP contribution in [-0.4, -0.2) is 43.8 Å². The Morgan fingerprint density at radius 2 is 1.82 bits per heavy atom. The molecule has 3 aromatic rings. The summed E-state index contributed by atoms with van der Waals surface area (Å²) in [5, 5.41) is 0.164. The van der Waals surface area contributed by atoms with Crippen LogP contribution in [0.1, 0.15) is 30.6 Å². The van der Waals surface area contributed by atoms with E-state index in [1.165, 1.54) is 28.7 Å². The van der Waals surface area contributed by atoms with E-state index in [0.717, 1.165) is 6.42 Å². The molecule has 0 aliphatic carbocycles. The number of sulfonamides is 1. The third kappa shape index (κ3) is 4.50. The van der Waals surface area contributed by atoms with Crippen molar-refractivity contribution in [3.63, 3.8) is 0 Å². The summed E-state index contributed by atoms with van der Waals surface area (Å²) in [4.78, 5) is 31.2. The van der Waals surface area contributed by atoms with Crippen molar-refractivity contribution in [1.29, 1.82) is 0 Å². The minimum absolute atomic E-state index is 0.0226. The zero-order chi connectivity index (χ0) is 24.5. The molecular weight excluding hydrogens is 450 g/mol. The molecule has 1 aromatic heterocycles. The van der Waals surface area contributed by atoms with Crippen LogP contribution in [-0.2, 0) is 10.0 Å². The predicted octanol–water partition coefficient (Wildman–Crippen LogP) is 4.03. The first-order chi connectivity index (χ1) is 16.2. The molecule has 0 spiro atoms. The van der Waals surface area contributed by atoms with Crippen molar-refractivity contribution in [3.8, 4) is 0 Å². The average Bonchev–Trinajstić information content (AvgIpc) is 2.82. The highest BCUT2D eigenvalue weighted by atomic mass is 32.2. The summed E-state index contributed by atoms with van der Waals surface area (Å²) in [6.07, 6.45) is 3.98. The molecule has 34 heavy (non-hydrogen) atoms. The normalized spacial score (nSPS) is 18.6. The Morgan fingerprint density at radius 1 is 1.15 bits per heavy atom. The lowest BCUT2D eigenvalue weighted by Gasteiger charge is -2.34. The largest absolute Gasteiger partial charge is 0.360 e. The molecule has 0 saturated carbocycles. The van der Waals surface area contributed by atoms with Crippen molar-refractivity contribution in [1.82, 2.24) is 9.88 Å². The zero-order valence-electron chi connectivity index (χ0n) is 19.4. The van der Waals surface area contributed by atoms with E-state index in [9.17, 15) is 18.0 Å². The number of pyridine rings is 1. The first-order valence-corrected chi connectivity index (χ1v) is 12.8. The van der Waals surface area contributed by atoms with Gasteiger partial charge in [0.2, 0.25) is 5.43 Å². The number of aromatic nitrogens is 1. The Hall–Kier alpha value is -3.39. The molecule has 8 heteroatoms. The molecule has 0 radical (unpaired) electrons. The van der Waals surface area contributed by atoms with Gasteiger partial charge in [0.05, 0.1) is 17.1 Å². The number of anilines is 1. The Morgan fingerprint density at radius 3 is 2.47 bits per heavy atom. The number of hydrogen-bond acceptors (Lipinski definition) is 4. The van der Waals surface area contributed by atoms with Crippen molar-refractivity contribution in [2.45, 2.75) is 25.2 Å². The highest BCUT2D eigenvalue weighted by Gasteiger charge is 2.29. The molecule has 1 aliphatic heterocycles. The summed E-state index contributed by atoms with van der Waals surface area (Å²) in [5.74, 6) is 0.392. The van der Waals surface area contributed by atoms with Crippen LogP contribution in [0, 0.1) is 11.8 Å². The van der Waals surface area contributed by atoms with Gasteiger partial charge in [-0.3, -0.25) is 13.9 Å². The number of nitrogens with zero attached hydrogens (tertiary/aromatic N) is 2. The molecule has 7 nitrogen and oxygen atoms in total. The molecule has 4 rings (SSSR count). The number of carbonyl (C=O) groups is 1. The molecule has 2 heterocycles. The number of aromatic amines is 1. The molecule has 1 aliphatic rings. The van der Waals surface area contributed by atoms with E-state index < -0.39 is 15.5 Å². The van der Waals surface area contributed by atoms with Gasteiger partial charge in [-0.05, 0) is 48.6 Å². The van der Waals surface area contributed by atoms with Gasteiger partial charge in [-0.25, -0.2) is 8.42 Å². The number of H-pyrrole nitrogens is 1. The molecule has 0 bridgehead atoms. The van der Waals surface area contributed by atoms with E-state index in [-0.39, 0.29) is 28.3 Å². The fraction of sp³-hybridized carbons (Fsp3) is 0.308. The summed E-state index contributed by atoms with van der Waals surface area (Å²) >= 11 is 0. The number of benzene rings is 2. The van der Waals surface area contributed by atoms with Gasteiger partial charge in [0.1, 0.15) is 5.56 Å². The van der Waals surface area contributed by atoms with Crippen LogP contribution in [0.25, 0.3) is 10.9 Å². The number of para-hydroxylation sites is 1. The smallest absolute Gasteiger partial charge is 0.264 e. The zero-order valence-corrected chi connectivity index (χ0v) is 20.2. The van der Waals surface area contributed by atoms with Gasteiger partial charge in [-0.1, -0.05) is 38.1 Å². The second-order valence-electron chi connectivity index (χ2n) is 9.06. The van der Waals surface area contributed by atoms with Crippen LogP contribution in [0.5, 0.6) is 0 Å². The Bertz CT molecular complexity index is 1370. The number of fused-ring (bicyclic) bond motifs is 1. The molecule has 1 amide bonds. The summed E-state index contributed by atoms with van der Waals surface area (Å²) in [5.41, 5.74) is 0.510. The van der Waals surface area contributed by atoms with Gasteiger partial charge < -0.3 is 9.88 Å². The lowest BCUT2D eigenvalue weighted by molar-refractivity contribution is 0.0621. The van der Waals surface area contributed by atoms with Gasteiger partial charge in [0.25, 0.3) is 15.9 Å². The second kappa shape index (κ2) is 9.46. The maximum absolute atomic E-state index is 13.5. The lowest BCUT2D eigenvalue weighted by Crippen LogP contribution is -2.44. The predicted molar refractivity (Wildman–Crippen MR) is 135 cm³/mol. The van der Waals surface area contributed by atoms with E-state index >= 15 is 0 Å². The first-order valence-electron chi connectivity index (χ1n) is 11.4. The molecule has 2 unspecified atom stereocenters. The Labute approximate surface area is 199 Å². The van der Waals surface area contributed by atoms with E-state index in [4.69, 9.17) is 0 Å². The Kier molecular flexibility index (Phi) is 6.61. The highest BCUT2D eigenvalue weighted by Crippen LogP contribution is 2.26. The molecule has 2 aromatic carbocycles. The maximum atomic E-state index is 13.5. The van der Waals surface area contributed by atoms with Gasteiger partial charge in [-0.2, -0.15) is 0 Å². The summed E-state index contributed by atoms with van der Waals surface area (Å²) in [6, 6.07) is 13.1.